The third-order valence-corrected chi connectivity index (χ3v) is 7.49. The highest BCUT2D eigenvalue weighted by Gasteiger charge is 2.37. The lowest BCUT2D eigenvalue weighted by molar-refractivity contribution is -0.130. The number of hydrogen-bond acceptors (Lipinski definition) is 4. The zero-order valence-corrected chi connectivity index (χ0v) is 20.6. The quantitative estimate of drug-likeness (QED) is 0.383. The maximum atomic E-state index is 13.1. The van der Waals surface area contributed by atoms with E-state index < -0.39 is 11.1 Å². The number of likely N-dealkylation sites (tertiary alicyclic amines) is 1. The lowest BCUT2D eigenvalue weighted by Crippen LogP contribution is -2.30. The molecule has 0 saturated carbocycles. The summed E-state index contributed by atoms with van der Waals surface area (Å²) in [6.07, 6.45) is 5.66. The topological polar surface area (TPSA) is 62.6 Å². The molecule has 0 spiro atoms. The van der Waals surface area contributed by atoms with Crippen molar-refractivity contribution < 1.29 is 14.4 Å². The van der Waals surface area contributed by atoms with Crippen LogP contribution < -0.4 is 4.90 Å². The molecule has 3 heterocycles. The summed E-state index contributed by atoms with van der Waals surface area (Å²) in [5.41, 5.74) is 2.03. The number of halogens is 2. The van der Waals surface area contributed by atoms with E-state index in [1.807, 2.05) is 33.9 Å². The number of imide groups is 1. The predicted octanol–water partition coefficient (Wildman–Crippen LogP) is 5.92. The fraction of sp³-hybridized carbons (Fsp3) is 0.208. The van der Waals surface area contributed by atoms with Crippen LogP contribution in [-0.2, 0) is 16.1 Å². The number of nitrogens with zero attached hydrogens (tertiary/aromatic N) is 3. The number of anilines is 1. The molecule has 3 amide bonds. The van der Waals surface area contributed by atoms with Crippen molar-refractivity contribution in [3.8, 4) is 0 Å². The SMILES string of the molecule is O=C(Cn1cc(/C=C2\SC(=O)N(c3ccccc3Cl)C2=O)c2cc(Br)ccc21)N1CCCC1. The summed E-state index contributed by atoms with van der Waals surface area (Å²) >= 11 is 10.6. The van der Waals surface area contributed by atoms with Crippen molar-refractivity contribution >= 4 is 79.0 Å². The Morgan fingerprint density at radius 2 is 1.88 bits per heavy atom. The van der Waals surface area contributed by atoms with E-state index in [0.29, 0.717) is 15.6 Å². The van der Waals surface area contributed by atoms with Crippen molar-refractivity contribution in [1.29, 1.82) is 0 Å². The second kappa shape index (κ2) is 9.00. The molecule has 2 aliphatic heterocycles. The third kappa shape index (κ3) is 4.23. The second-order valence-electron chi connectivity index (χ2n) is 7.93. The number of carbonyl (C=O) groups is 3. The van der Waals surface area contributed by atoms with Crippen LogP contribution in [-0.4, -0.2) is 39.6 Å². The van der Waals surface area contributed by atoms with Crippen LogP contribution in [0.4, 0.5) is 10.5 Å². The first kappa shape index (κ1) is 22.3. The number of amides is 3. The van der Waals surface area contributed by atoms with E-state index in [1.54, 1.807) is 30.3 Å². The van der Waals surface area contributed by atoms with Gasteiger partial charge in [0.05, 0.1) is 15.6 Å². The van der Waals surface area contributed by atoms with Gasteiger partial charge in [-0.2, -0.15) is 0 Å². The predicted molar refractivity (Wildman–Crippen MR) is 135 cm³/mol. The number of carbonyl (C=O) groups excluding carboxylic acids is 3. The Morgan fingerprint density at radius 1 is 1.12 bits per heavy atom. The van der Waals surface area contributed by atoms with E-state index in [-0.39, 0.29) is 12.5 Å². The zero-order valence-electron chi connectivity index (χ0n) is 17.5. The van der Waals surface area contributed by atoms with Crippen LogP contribution in [0.1, 0.15) is 18.4 Å². The molecule has 2 saturated heterocycles. The van der Waals surface area contributed by atoms with Crippen molar-refractivity contribution in [2.75, 3.05) is 18.0 Å². The van der Waals surface area contributed by atoms with E-state index >= 15 is 0 Å². The average Bonchev–Trinajstić information content (AvgIpc) is 3.49. The van der Waals surface area contributed by atoms with Crippen molar-refractivity contribution in [2.24, 2.45) is 0 Å². The summed E-state index contributed by atoms with van der Waals surface area (Å²) in [6, 6.07) is 12.6. The van der Waals surface area contributed by atoms with Crippen LogP contribution in [0.15, 0.2) is 58.0 Å². The summed E-state index contributed by atoms with van der Waals surface area (Å²) in [4.78, 5) is 41.8. The Morgan fingerprint density at radius 3 is 2.64 bits per heavy atom. The number of para-hydroxylation sites is 1. The van der Waals surface area contributed by atoms with Gasteiger partial charge in [-0.3, -0.25) is 14.4 Å². The highest BCUT2D eigenvalue weighted by atomic mass is 79.9. The molecule has 6 nitrogen and oxygen atoms in total. The van der Waals surface area contributed by atoms with E-state index in [0.717, 1.165) is 63.5 Å². The first-order valence-electron chi connectivity index (χ1n) is 10.5. The lowest BCUT2D eigenvalue weighted by atomic mass is 10.1. The lowest BCUT2D eigenvalue weighted by Gasteiger charge is -2.16. The Hall–Kier alpha value is -2.55. The van der Waals surface area contributed by atoms with Crippen LogP contribution in [0.3, 0.4) is 0 Å². The summed E-state index contributed by atoms with van der Waals surface area (Å²) in [5.74, 6) is -0.333. The third-order valence-electron chi connectivity index (χ3n) is 5.81. The molecule has 1 aromatic heterocycles. The molecule has 33 heavy (non-hydrogen) atoms. The number of aromatic nitrogens is 1. The Kier molecular flexibility index (Phi) is 6.07. The minimum atomic E-state index is -0.415. The van der Waals surface area contributed by atoms with Crippen molar-refractivity contribution in [1.82, 2.24) is 9.47 Å². The van der Waals surface area contributed by atoms with Crippen molar-refractivity contribution in [3.05, 3.63) is 68.6 Å². The maximum Gasteiger partial charge on any atom is 0.298 e. The molecular weight excluding hydrogens is 526 g/mol. The number of fused-ring (bicyclic) bond motifs is 1. The largest absolute Gasteiger partial charge is 0.341 e. The second-order valence-corrected chi connectivity index (χ2v) is 10.2. The van der Waals surface area contributed by atoms with Crippen LogP contribution in [0.2, 0.25) is 5.02 Å². The number of rotatable bonds is 4. The average molecular weight is 545 g/mol. The van der Waals surface area contributed by atoms with Crippen LogP contribution >= 0.6 is 39.3 Å². The maximum absolute atomic E-state index is 13.1. The molecule has 168 valence electrons. The first-order valence-corrected chi connectivity index (χ1v) is 12.5. The molecule has 0 radical (unpaired) electrons. The van der Waals surface area contributed by atoms with Crippen molar-refractivity contribution in [3.63, 3.8) is 0 Å². The normalized spacial score (nSPS) is 17.7. The van der Waals surface area contributed by atoms with Crippen molar-refractivity contribution in [2.45, 2.75) is 19.4 Å². The monoisotopic (exact) mass is 543 g/mol. The Balaban J connectivity index is 1.51. The van der Waals surface area contributed by atoms with E-state index in [9.17, 15) is 14.4 Å². The fourth-order valence-electron chi connectivity index (χ4n) is 4.20. The van der Waals surface area contributed by atoms with Gasteiger partial charge in [-0.15, -0.1) is 0 Å². The molecule has 0 atom stereocenters. The first-order chi connectivity index (χ1) is 15.9. The zero-order chi connectivity index (χ0) is 23.1. The van der Waals surface area contributed by atoms with Crippen LogP contribution in [0.5, 0.6) is 0 Å². The Labute approximate surface area is 208 Å². The molecular formula is C24H19BrClN3O3S. The summed E-state index contributed by atoms with van der Waals surface area (Å²) in [7, 11) is 0. The van der Waals surface area contributed by atoms with Gasteiger partial charge < -0.3 is 9.47 Å². The van der Waals surface area contributed by atoms with Gasteiger partial charge in [0.2, 0.25) is 5.91 Å². The van der Waals surface area contributed by atoms with Gasteiger partial charge in [0.15, 0.2) is 0 Å². The van der Waals surface area contributed by atoms with E-state index in [4.69, 9.17) is 11.6 Å². The molecule has 2 aromatic carbocycles. The van der Waals surface area contributed by atoms with Gasteiger partial charge in [-0.05, 0) is 61.0 Å². The van der Waals surface area contributed by atoms with Gasteiger partial charge in [-0.25, -0.2) is 4.90 Å². The molecule has 3 aromatic rings. The van der Waals surface area contributed by atoms with Gasteiger partial charge >= 0.3 is 0 Å². The molecule has 9 heteroatoms. The standard InChI is InChI=1S/C24H19BrClN3O3S/c25-16-7-8-19-17(12-16)15(13-28(19)14-22(30)27-9-3-4-10-27)11-21-23(31)29(24(32)33-21)20-6-2-1-5-18(20)26/h1-2,5-8,11-13H,3-4,9-10,14H2/b21-11-. The molecule has 0 bridgehead atoms. The molecule has 2 aliphatic rings. The number of hydrogen-bond donors (Lipinski definition) is 0. The molecule has 5 rings (SSSR count). The smallest absolute Gasteiger partial charge is 0.298 e. The highest BCUT2D eigenvalue weighted by Crippen LogP contribution is 2.39. The summed E-state index contributed by atoms with van der Waals surface area (Å²) < 4.78 is 2.80. The molecule has 0 N–H and O–H groups in total. The molecule has 0 aliphatic carbocycles. The molecule has 0 unspecified atom stereocenters. The Bertz CT molecular complexity index is 1330. The minimum absolute atomic E-state index is 0.0814. The highest BCUT2D eigenvalue weighted by molar-refractivity contribution is 9.10. The van der Waals surface area contributed by atoms with Gasteiger partial charge in [0.1, 0.15) is 6.54 Å². The van der Waals surface area contributed by atoms with Gasteiger partial charge in [0, 0.05) is 40.2 Å². The van der Waals surface area contributed by atoms with Crippen LogP contribution in [0.25, 0.3) is 17.0 Å². The van der Waals surface area contributed by atoms with Gasteiger partial charge in [0.25, 0.3) is 11.1 Å². The number of thioether (sulfide) groups is 1. The van der Waals surface area contributed by atoms with E-state index in [2.05, 4.69) is 15.9 Å². The van der Waals surface area contributed by atoms with E-state index in [1.165, 1.54) is 0 Å². The minimum Gasteiger partial charge on any atom is -0.341 e. The summed E-state index contributed by atoms with van der Waals surface area (Å²) in [5, 5.41) is 0.832. The summed E-state index contributed by atoms with van der Waals surface area (Å²) in [6.45, 7) is 1.82. The number of benzene rings is 2. The van der Waals surface area contributed by atoms with Crippen LogP contribution in [0, 0.1) is 0 Å². The molecule has 2 fully saturated rings. The fourth-order valence-corrected chi connectivity index (χ4v) is 5.61. The van der Waals surface area contributed by atoms with Gasteiger partial charge in [-0.1, -0.05) is 39.7 Å².